The monoisotopic (exact) mass is 354 g/mol. The number of hydrogen-bond donors (Lipinski definition) is 1. The number of nitrogens with zero attached hydrogens (tertiary/aromatic N) is 1. The summed E-state index contributed by atoms with van der Waals surface area (Å²) < 4.78 is 0. The number of fused-ring (bicyclic) bond motifs is 1. The standard InChI is InChI=1S/C21H26N2O3/c1-14(2)16-9-7-15(8-10-16)11-12-22-19(24)13-23-20(25)17-5-3-4-6-18(17)21(23)26/h3-4,7-10,14,17-18H,5-6,11-13H2,1-2H3,(H,22,24)/t17-,18-/m0/s1. The molecule has 1 aromatic carbocycles. The van der Waals surface area contributed by atoms with Gasteiger partial charge in [0.2, 0.25) is 17.7 Å². The molecule has 5 nitrogen and oxygen atoms in total. The fourth-order valence-corrected chi connectivity index (χ4v) is 3.64. The molecule has 3 rings (SSSR count). The van der Waals surface area contributed by atoms with Crippen molar-refractivity contribution in [3.8, 4) is 0 Å². The highest BCUT2D eigenvalue weighted by Crippen LogP contribution is 2.34. The van der Waals surface area contributed by atoms with Gasteiger partial charge in [-0.3, -0.25) is 19.3 Å². The van der Waals surface area contributed by atoms with E-state index < -0.39 is 0 Å². The van der Waals surface area contributed by atoms with Crippen molar-refractivity contribution in [3.05, 3.63) is 47.5 Å². The normalized spacial score (nSPS) is 22.0. The molecule has 2 atom stereocenters. The zero-order valence-electron chi connectivity index (χ0n) is 15.4. The van der Waals surface area contributed by atoms with Crippen molar-refractivity contribution in [1.82, 2.24) is 10.2 Å². The third kappa shape index (κ3) is 3.87. The minimum Gasteiger partial charge on any atom is -0.354 e. The lowest BCUT2D eigenvalue weighted by molar-refractivity contribution is -0.143. The largest absolute Gasteiger partial charge is 0.354 e. The predicted molar refractivity (Wildman–Crippen MR) is 99.3 cm³/mol. The van der Waals surface area contributed by atoms with Crippen LogP contribution in [0.2, 0.25) is 0 Å². The average Bonchev–Trinajstić information content (AvgIpc) is 2.87. The van der Waals surface area contributed by atoms with Crippen molar-refractivity contribution in [2.75, 3.05) is 13.1 Å². The van der Waals surface area contributed by atoms with Crippen LogP contribution in [-0.4, -0.2) is 35.7 Å². The van der Waals surface area contributed by atoms with Gasteiger partial charge in [-0.15, -0.1) is 0 Å². The van der Waals surface area contributed by atoms with Gasteiger partial charge >= 0.3 is 0 Å². The molecule has 0 unspecified atom stereocenters. The average molecular weight is 354 g/mol. The fraction of sp³-hybridized carbons (Fsp3) is 0.476. The Kier molecular flexibility index (Phi) is 5.55. The van der Waals surface area contributed by atoms with Crippen LogP contribution in [0.1, 0.15) is 43.7 Å². The molecule has 5 heteroatoms. The van der Waals surface area contributed by atoms with Crippen molar-refractivity contribution in [2.24, 2.45) is 11.8 Å². The molecule has 0 bridgehead atoms. The first-order valence-electron chi connectivity index (χ1n) is 9.33. The second kappa shape index (κ2) is 7.85. The number of carbonyl (C=O) groups excluding carboxylic acids is 3. The Balaban J connectivity index is 1.47. The van der Waals surface area contributed by atoms with E-state index in [0.29, 0.717) is 25.3 Å². The Hall–Kier alpha value is -2.43. The molecule has 0 saturated carbocycles. The van der Waals surface area contributed by atoms with Crippen LogP contribution in [-0.2, 0) is 20.8 Å². The van der Waals surface area contributed by atoms with Crippen molar-refractivity contribution in [3.63, 3.8) is 0 Å². The Morgan fingerprint density at radius 3 is 2.19 bits per heavy atom. The van der Waals surface area contributed by atoms with Crippen LogP contribution in [0, 0.1) is 11.8 Å². The lowest BCUT2D eigenvalue weighted by atomic mass is 9.85. The third-order valence-corrected chi connectivity index (χ3v) is 5.28. The third-order valence-electron chi connectivity index (χ3n) is 5.28. The van der Waals surface area contributed by atoms with Gasteiger partial charge in [0, 0.05) is 6.54 Å². The van der Waals surface area contributed by atoms with Crippen molar-refractivity contribution in [1.29, 1.82) is 0 Å². The van der Waals surface area contributed by atoms with Crippen LogP contribution in [0.5, 0.6) is 0 Å². The summed E-state index contributed by atoms with van der Waals surface area (Å²) in [5, 5.41) is 2.82. The van der Waals surface area contributed by atoms with E-state index >= 15 is 0 Å². The van der Waals surface area contributed by atoms with Crippen molar-refractivity contribution in [2.45, 2.75) is 39.0 Å². The van der Waals surface area contributed by atoms with E-state index in [4.69, 9.17) is 0 Å². The molecule has 1 saturated heterocycles. The summed E-state index contributed by atoms with van der Waals surface area (Å²) in [4.78, 5) is 38.0. The van der Waals surface area contributed by atoms with Gasteiger partial charge in [0.05, 0.1) is 11.8 Å². The molecule has 1 N–H and O–H groups in total. The summed E-state index contributed by atoms with van der Waals surface area (Å²) in [7, 11) is 0. The summed E-state index contributed by atoms with van der Waals surface area (Å²) in [5.41, 5.74) is 2.44. The van der Waals surface area contributed by atoms with Crippen LogP contribution >= 0.6 is 0 Å². The van der Waals surface area contributed by atoms with Gasteiger partial charge in [0.15, 0.2) is 0 Å². The molecule has 26 heavy (non-hydrogen) atoms. The number of likely N-dealkylation sites (tertiary alicyclic amines) is 1. The van der Waals surface area contributed by atoms with Gasteiger partial charge in [0.25, 0.3) is 0 Å². The van der Waals surface area contributed by atoms with E-state index in [0.717, 1.165) is 16.9 Å². The van der Waals surface area contributed by atoms with Crippen LogP contribution in [0.15, 0.2) is 36.4 Å². The van der Waals surface area contributed by atoms with E-state index in [9.17, 15) is 14.4 Å². The highest BCUT2D eigenvalue weighted by atomic mass is 16.2. The molecular formula is C21H26N2O3. The Labute approximate surface area is 154 Å². The SMILES string of the molecule is CC(C)c1ccc(CCNC(=O)CN2C(=O)[C@H]3CC=CC[C@@H]3C2=O)cc1. The highest BCUT2D eigenvalue weighted by Gasteiger charge is 2.47. The Bertz CT molecular complexity index is 695. The number of imide groups is 1. The maximum Gasteiger partial charge on any atom is 0.240 e. The molecule has 1 heterocycles. The zero-order chi connectivity index (χ0) is 18.7. The van der Waals surface area contributed by atoms with Gasteiger partial charge in [0.1, 0.15) is 6.54 Å². The summed E-state index contributed by atoms with van der Waals surface area (Å²) in [6.45, 7) is 4.63. The number of benzene rings is 1. The number of nitrogens with one attached hydrogen (secondary N) is 1. The van der Waals surface area contributed by atoms with Gasteiger partial charge in [-0.25, -0.2) is 0 Å². The van der Waals surface area contributed by atoms with Crippen LogP contribution in [0.25, 0.3) is 0 Å². The Morgan fingerprint density at radius 1 is 1.08 bits per heavy atom. The number of hydrogen-bond acceptors (Lipinski definition) is 3. The van der Waals surface area contributed by atoms with Gasteiger partial charge in [-0.2, -0.15) is 0 Å². The molecule has 138 valence electrons. The number of carbonyl (C=O) groups is 3. The first kappa shape index (κ1) is 18.4. The van der Waals surface area contributed by atoms with E-state index in [2.05, 4.69) is 43.4 Å². The number of amides is 3. The number of rotatable bonds is 6. The smallest absolute Gasteiger partial charge is 0.240 e. The minimum atomic E-state index is -0.280. The maximum atomic E-state index is 12.4. The van der Waals surface area contributed by atoms with Crippen LogP contribution < -0.4 is 5.32 Å². The fourth-order valence-electron chi connectivity index (χ4n) is 3.64. The summed E-state index contributed by atoms with van der Waals surface area (Å²) in [6.07, 6.45) is 5.81. The van der Waals surface area contributed by atoms with Gasteiger partial charge < -0.3 is 5.32 Å². The van der Waals surface area contributed by atoms with Gasteiger partial charge in [-0.1, -0.05) is 50.3 Å². The molecule has 0 radical (unpaired) electrons. The minimum absolute atomic E-state index is 0.170. The molecule has 2 aliphatic rings. The lowest BCUT2D eigenvalue weighted by Gasteiger charge is -2.14. The van der Waals surface area contributed by atoms with Gasteiger partial charge in [-0.05, 0) is 36.3 Å². The molecule has 1 aliphatic carbocycles. The highest BCUT2D eigenvalue weighted by molar-refractivity contribution is 6.07. The quantitative estimate of drug-likeness (QED) is 0.630. The second-order valence-electron chi connectivity index (χ2n) is 7.41. The second-order valence-corrected chi connectivity index (χ2v) is 7.41. The lowest BCUT2D eigenvalue weighted by Crippen LogP contribution is -2.41. The zero-order valence-corrected chi connectivity index (χ0v) is 15.4. The first-order chi connectivity index (χ1) is 12.5. The Morgan fingerprint density at radius 2 is 1.65 bits per heavy atom. The predicted octanol–water partition coefficient (Wildman–Crippen LogP) is 2.42. The maximum absolute atomic E-state index is 12.4. The molecule has 0 spiro atoms. The topological polar surface area (TPSA) is 66.5 Å². The van der Waals surface area contributed by atoms with Crippen LogP contribution in [0.3, 0.4) is 0 Å². The molecule has 1 aromatic rings. The van der Waals surface area contributed by atoms with E-state index in [1.807, 2.05) is 12.2 Å². The van der Waals surface area contributed by atoms with E-state index in [-0.39, 0.29) is 36.1 Å². The first-order valence-corrected chi connectivity index (χ1v) is 9.33. The number of allylic oxidation sites excluding steroid dienone is 2. The molecular weight excluding hydrogens is 328 g/mol. The summed E-state index contributed by atoms with van der Waals surface area (Å²) in [5.74, 6) is -0.748. The summed E-state index contributed by atoms with van der Waals surface area (Å²) >= 11 is 0. The van der Waals surface area contributed by atoms with Crippen molar-refractivity contribution >= 4 is 17.7 Å². The molecule has 3 amide bonds. The molecule has 1 fully saturated rings. The van der Waals surface area contributed by atoms with Crippen molar-refractivity contribution < 1.29 is 14.4 Å². The van der Waals surface area contributed by atoms with Crippen LogP contribution in [0.4, 0.5) is 0 Å². The molecule has 1 aliphatic heterocycles. The van der Waals surface area contributed by atoms with E-state index in [1.165, 1.54) is 5.56 Å². The van der Waals surface area contributed by atoms with E-state index in [1.54, 1.807) is 0 Å². The summed E-state index contributed by atoms with van der Waals surface area (Å²) in [6, 6.07) is 8.37. The molecule has 0 aromatic heterocycles.